The van der Waals surface area contributed by atoms with Gasteiger partial charge in [-0.05, 0) is 67.0 Å². The Morgan fingerprint density at radius 3 is 2.54 bits per heavy atom. The van der Waals surface area contributed by atoms with Gasteiger partial charge >= 0.3 is 6.09 Å². The number of carbonyl (C=O) groups excluding carboxylic acids is 1. The number of rotatable bonds is 1. The molecular weight excluding hydrogens is 394 g/mol. The van der Waals surface area contributed by atoms with Crippen LogP contribution in [0.3, 0.4) is 0 Å². The summed E-state index contributed by atoms with van der Waals surface area (Å²) >= 11 is 3.36. The van der Waals surface area contributed by atoms with E-state index < -0.39 is 11.7 Å². The molecule has 26 heavy (non-hydrogen) atoms. The number of nitrogens with zero attached hydrogens (tertiary/aromatic N) is 3. The van der Waals surface area contributed by atoms with E-state index in [-0.39, 0.29) is 7.43 Å². The van der Waals surface area contributed by atoms with Gasteiger partial charge in [0.1, 0.15) is 5.60 Å². The van der Waals surface area contributed by atoms with E-state index in [4.69, 9.17) is 4.74 Å². The van der Waals surface area contributed by atoms with Crippen molar-refractivity contribution in [1.29, 1.82) is 5.26 Å². The third-order valence-corrected chi connectivity index (χ3v) is 3.97. The zero-order valence-electron chi connectivity index (χ0n) is 14.1. The van der Waals surface area contributed by atoms with E-state index in [1.54, 1.807) is 18.3 Å². The summed E-state index contributed by atoms with van der Waals surface area (Å²) in [4.78, 5) is 17.2. The predicted octanol–water partition coefficient (Wildman–Crippen LogP) is 5.76. The van der Waals surface area contributed by atoms with Crippen LogP contribution in [0.15, 0.2) is 47.1 Å². The first kappa shape index (κ1) is 19.7. The molecule has 0 saturated heterocycles. The summed E-state index contributed by atoms with van der Waals surface area (Å²) in [5.41, 5.74) is 1.72. The lowest BCUT2D eigenvalue weighted by Gasteiger charge is -2.21. The number of nitriles is 1. The minimum absolute atomic E-state index is 0. The lowest BCUT2D eigenvalue weighted by atomic mass is 10.2. The van der Waals surface area contributed by atoms with E-state index in [0.29, 0.717) is 22.5 Å². The van der Waals surface area contributed by atoms with Crippen molar-refractivity contribution in [3.05, 3.63) is 52.6 Å². The largest absolute Gasteiger partial charge is 0.443 e. The highest BCUT2D eigenvalue weighted by Crippen LogP contribution is 2.29. The standard InChI is InChI=1S/C19H16BrN3O2.CH4/c1-19(2,3)25-18(24)23-16-8-12(10-21)4-5-13(16)9-17(23)15-7-6-14(20)11-22-15;/h4-9,11H,1-3H3;1H4. The zero-order valence-corrected chi connectivity index (χ0v) is 15.7. The van der Waals surface area contributed by atoms with Crippen molar-refractivity contribution < 1.29 is 9.53 Å². The number of pyridine rings is 1. The van der Waals surface area contributed by atoms with Crippen LogP contribution in [0.4, 0.5) is 4.79 Å². The highest BCUT2D eigenvalue weighted by Gasteiger charge is 2.23. The third-order valence-electron chi connectivity index (χ3n) is 3.50. The molecule has 3 aromatic rings. The smallest absolute Gasteiger partial charge is 0.419 e. The van der Waals surface area contributed by atoms with Crippen molar-refractivity contribution in [1.82, 2.24) is 9.55 Å². The van der Waals surface area contributed by atoms with Crippen LogP contribution >= 0.6 is 15.9 Å². The summed E-state index contributed by atoms with van der Waals surface area (Å²) in [5, 5.41) is 10.0. The average molecular weight is 414 g/mol. The number of hydrogen-bond donors (Lipinski definition) is 0. The Labute approximate surface area is 161 Å². The monoisotopic (exact) mass is 413 g/mol. The van der Waals surface area contributed by atoms with Crippen LogP contribution in [-0.4, -0.2) is 21.2 Å². The summed E-state index contributed by atoms with van der Waals surface area (Å²) in [5.74, 6) is 0. The molecule has 0 amide bonds. The summed E-state index contributed by atoms with van der Waals surface area (Å²) in [6, 6.07) is 12.9. The SMILES string of the molecule is C.CC(C)(C)OC(=O)n1c(-c2ccc(Br)cn2)cc2ccc(C#N)cc21. The maximum Gasteiger partial charge on any atom is 0.419 e. The van der Waals surface area contributed by atoms with E-state index in [9.17, 15) is 10.1 Å². The average Bonchev–Trinajstić information content (AvgIpc) is 2.92. The Kier molecular flexibility index (Phi) is 5.53. The fraction of sp³-hybridized carbons (Fsp3) is 0.250. The van der Waals surface area contributed by atoms with Crippen molar-refractivity contribution >= 4 is 32.9 Å². The van der Waals surface area contributed by atoms with Gasteiger partial charge in [0.25, 0.3) is 0 Å². The Hall–Kier alpha value is -2.65. The Morgan fingerprint density at radius 1 is 1.23 bits per heavy atom. The number of benzene rings is 1. The number of ether oxygens (including phenoxy) is 1. The highest BCUT2D eigenvalue weighted by molar-refractivity contribution is 9.10. The molecule has 3 rings (SSSR count). The van der Waals surface area contributed by atoms with Gasteiger partial charge in [0.15, 0.2) is 0 Å². The molecule has 0 aliphatic heterocycles. The molecule has 0 unspecified atom stereocenters. The summed E-state index contributed by atoms with van der Waals surface area (Å²) in [7, 11) is 0. The Morgan fingerprint density at radius 2 is 1.96 bits per heavy atom. The first-order valence-corrected chi connectivity index (χ1v) is 8.49. The third kappa shape index (κ3) is 3.94. The van der Waals surface area contributed by atoms with Crippen LogP contribution in [0, 0.1) is 11.3 Å². The normalized spacial score (nSPS) is 10.9. The fourth-order valence-electron chi connectivity index (χ4n) is 2.49. The van der Waals surface area contributed by atoms with E-state index in [1.807, 2.05) is 45.0 Å². The highest BCUT2D eigenvalue weighted by atomic mass is 79.9. The lowest BCUT2D eigenvalue weighted by molar-refractivity contribution is 0.0547. The molecule has 6 heteroatoms. The minimum atomic E-state index is -0.634. The van der Waals surface area contributed by atoms with Crippen molar-refractivity contribution in [3.8, 4) is 17.5 Å². The molecule has 0 atom stereocenters. The number of halogens is 1. The molecule has 0 saturated carbocycles. The van der Waals surface area contributed by atoms with Gasteiger partial charge < -0.3 is 4.74 Å². The lowest BCUT2D eigenvalue weighted by Crippen LogP contribution is -2.27. The maximum absolute atomic E-state index is 12.8. The predicted molar refractivity (Wildman–Crippen MR) is 106 cm³/mol. The van der Waals surface area contributed by atoms with Gasteiger partial charge in [-0.2, -0.15) is 5.26 Å². The van der Waals surface area contributed by atoms with Crippen molar-refractivity contribution in [2.45, 2.75) is 33.8 Å². The molecule has 0 N–H and O–H groups in total. The van der Waals surface area contributed by atoms with Gasteiger partial charge in [-0.3, -0.25) is 4.98 Å². The number of fused-ring (bicyclic) bond motifs is 1. The van der Waals surface area contributed by atoms with Crippen LogP contribution < -0.4 is 0 Å². The van der Waals surface area contributed by atoms with Crippen LogP contribution in [0.2, 0.25) is 0 Å². The molecule has 0 aliphatic rings. The van der Waals surface area contributed by atoms with Gasteiger partial charge in [0.05, 0.1) is 28.5 Å². The topological polar surface area (TPSA) is 67.9 Å². The van der Waals surface area contributed by atoms with E-state index in [1.165, 1.54) is 4.57 Å². The second-order valence-corrected chi connectivity index (χ2v) is 7.51. The molecule has 0 spiro atoms. The van der Waals surface area contributed by atoms with Gasteiger partial charge in [-0.1, -0.05) is 13.5 Å². The Bertz CT molecular complexity index is 993. The summed E-state index contributed by atoms with van der Waals surface area (Å²) < 4.78 is 7.87. The minimum Gasteiger partial charge on any atom is -0.443 e. The second kappa shape index (κ2) is 7.30. The van der Waals surface area contributed by atoms with E-state index >= 15 is 0 Å². The quantitative estimate of drug-likeness (QED) is 0.508. The summed E-state index contributed by atoms with van der Waals surface area (Å²) in [6.45, 7) is 5.44. The van der Waals surface area contributed by atoms with Crippen molar-refractivity contribution in [2.75, 3.05) is 0 Å². The van der Waals surface area contributed by atoms with Gasteiger partial charge in [-0.25, -0.2) is 9.36 Å². The van der Waals surface area contributed by atoms with Crippen LogP contribution in [0.25, 0.3) is 22.3 Å². The molecule has 134 valence electrons. The molecule has 0 bridgehead atoms. The van der Waals surface area contributed by atoms with Crippen LogP contribution in [0.5, 0.6) is 0 Å². The molecular formula is C20H20BrN3O2. The van der Waals surface area contributed by atoms with Gasteiger partial charge in [-0.15, -0.1) is 0 Å². The fourth-order valence-corrected chi connectivity index (χ4v) is 2.73. The molecule has 0 aliphatic carbocycles. The molecule has 0 fully saturated rings. The first-order valence-electron chi connectivity index (χ1n) is 7.69. The number of hydrogen-bond acceptors (Lipinski definition) is 4. The Balaban J connectivity index is 0.00000243. The van der Waals surface area contributed by atoms with Crippen LogP contribution in [-0.2, 0) is 4.74 Å². The number of carbonyl (C=O) groups is 1. The maximum atomic E-state index is 12.8. The van der Waals surface area contributed by atoms with Crippen LogP contribution in [0.1, 0.15) is 33.8 Å². The van der Waals surface area contributed by atoms with Gasteiger partial charge in [0, 0.05) is 16.1 Å². The number of aromatic nitrogens is 2. The molecule has 1 aromatic carbocycles. The first-order chi connectivity index (χ1) is 11.8. The van der Waals surface area contributed by atoms with Gasteiger partial charge in [0.2, 0.25) is 0 Å². The molecule has 2 heterocycles. The molecule has 2 aromatic heterocycles. The zero-order chi connectivity index (χ0) is 18.2. The van der Waals surface area contributed by atoms with E-state index in [0.717, 1.165) is 9.86 Å². The summed E-state index contributed by atoms with van der Waals surface area (Å²) in [6.07, 6.45) is 1.17. The van der Waals surface area contributed by atoms with E-state index in [2.05, 4.69) is 27.0 Å². The van der Waals surface area contributed by atoms with Crippen molar-refractivity contribution in [3.63, 3.8) is 0 Å². The van der Waals surface area contributed by atoms with Crippen molar-refractivity contribution in [2.24, 2.45) is 0 Å². The molecule has 5 nitrogen and oxygen atoms in total. The molecule has 0 radical (unpaired) electrons. The second-order valence-electron chi connectivity index (χ2n) is 6.59.